The molecule has 1 heterocycles. The first kappa shape index (κ1) is 19.5. The molecule has 0 aliphatic heterocycles. The van der Waals surface area contributed by atoms with E-state index in [0.717, 1.165) is 16.9 Å². The number of benzene rings is 2. The van der Waals surface area contributed by atoms with Gasteiger partial charge in [0, 0.05) is 5.56 Å². The zero-order valence-corrected chi connectivity index (χ0v) is 16.4. The summed E-state index contributed by atoms with van der Waals surface area (Å²) in [5, 5.41) is 15.1. The molecule has 2 aromatic carbocycles. The second-order valence-electron chi connectivity index (χ2n) is 6.94. The van der Waals surface area contributed by atoms with Gasteiger partial charge in [-0.05, 0) is 41.3 Å². The molecule has 0 saturated carbocycles. The van der Waals surface area contributed by atoms with E-state index >= 15 is 0 Å². The third-order valence-electron chi connectivity index (χ3n) is 4.26. The van der Waals surface area contributed by atoms with Crippen LogP contribution in [0.2, 0.25) is 0 Å². The molecule has 3 aromatic rings. The number of aromatic nitrogens is 4. The SMILES string of the molecule is Cc1cccc(OCCNC(=O)Cn2nnc(-c3ccc(C(C)C)cc3)n2)c1. The first-order chi connectivity index (χ1) is 13.5. The number of hydrogen-bond acceptors (Lipinski definition) is 5. The lowest BCUT2D eigenvalue weighted by Crippen LogP contribution is -2.31. The van der Waals surface area contributed by atoms with E-state index in [9.17, 15) is 4.79 Å². The van der Waals surface area contributed by atoms with Gasteiger partial charge in [0.2, 0.25) is 11.7 Å². The molecule has 3 rings (SSSR count). The van der Waals surface area contributed by atoms with Crippen molar-refractivity contribution in [2.75, 3.05) is 13.2 Å². The average Bonchev–Trinajstić information content (AvgIpc) is 3.14. The maximum atomic E-state index is 12.0. The molecule has 0 bridgehead atoms. The summed E-state index contributed by atoms with van der Waals surface area (Å²) in [6.45, 7) is 7.12. The smallest absolute Gasteiger partial charge is 0.243 e. The number of aryl methyl sites for hydroxylation is 1. The average molecular weight is 379 g/mol. The molecular formula is C21H25N5O2. The molecule has 0 fully saturated rings. The molecular weight excluding hydrogens is 354 g/mol. The molecule has 0 radical (unpaired) electrons. The van der Waals surface area contributed by atoms with Crippen LogP contribution in [0.3, 0.4) is 0 Å². The van der Waals surface area contributed by atoms with Gasteiger partial charge in [0.25, 0.3) is 0 Å². The van der Waals surface area contributed by atoms with E-state index in [0.29, 0.717) is 24.9 Å². The molecule has 28 heavy (non-hydrogen) atoms. The van der Waals surface area contributed by atoms with Gasteiger partial charge >= 0.3 is 0 Å². The summed E-state index contributed by atoms with van der Waals surface area (Å²) >= 11 is 0. The van der Waals surface area contributed by atoms with Gasteiger partial charge in [-0.3, -0.25) is 4.79 Å². The van der Waals surface area contributed by atoms with Crippen LogP contribution in [0.25, 0.3) is 11.4 Å². The fraction of sp³-hybridized carbons (Fsp3) is 0.333. The maximum absolute atomic E-state index is 12.0. The van der Waals surface area contributed by atoms with Crippen LogP contribution in [0.4, 0.5) is 0 Å². The van der Waals surface area contributed by atoms with Crippen molar-refractivity contribution < 1.29 is 9.53 Å². The van der Waals surface area contributed by atoms with Crippen LogP contribution in [0, 0.1) is 6.92 Å². The lowest BCUT2D eigenvalue weighted by Gasteiger charge is -2.08. The number of hydrogen-bond donors (Lipinski definition) is 1. The zero-order valence-electron chi connectivity index (χ0n) is 16.4. The Balaban J connectivity index is 1.46. The second kappa shape index (κ2) is 9.12. The fourth-order valence-electron chi connectivity index (χ4n) is 2.69. The molecule has 0 aliphatic rings. The van der Waals surface area contributed by atoms with Crippen molar-refractivity contribution in [3.8, 4) is 17.1 Å². The van der Waals surface area contributed by atoms with E-state index in [2.05, 4.69) is 46.7 Å². The molecule has 0 unspecified atom stereocenters. The molecule has 7 heteroatoms. The molecule has 1 aromatic heterocycles. The molecule has 0 spiro atoms. The van der Waals surface area contributed by atoms with E-state index in [1.54, 1.807) is 0 Å². The van der Waals surface area contributed by atoms with E-state index in [1.807, 2.05) is 43.3 Å². The van der Waals surface area contributed by atoms with Crippen molar-refractivity contribution in [1.82, 2.24) is 25.5 Å². The Morgan fingerprint density at radius 3 is 2.68 bits per heavy atom. The van der Waals surface area contributed by atoms with E-state index < -0.39 is 0 Å². The number of rotatable bonds is 8. The minimum absolute atomic E-state index is 0.0154. The van der Waals surface area contributed by atoms with Crippen LogP contribution >= 0.6 is 0 Å². The zero-order chi connectivity index (χ0) is 19.9. The summed E-state index contributed by atoms with van der Waals surface area (Å²) in [5.41, 5.74) is 3.26. The quantitative estimate of drug-likeness (QED) is 0.609. The van der Waals surface area contributed by atoms with Gasteiger partial charge in [-0.15, -0.1) is 10.2 Å². The maximum Gasteiger partial charge on any atom is 0.243 e. The van der Waals surface area contributed by atoms with Crippen LogP contribution in [0.5, 0.6) is 5.75 Å². The van der Waals surface area contributed by atoms with Crippen molar-refractivity contribution in [2.24, 2.45) is 0 Å². The fourth-order valence-corrected chi connectivity index (χ4v) is 2.69. The molecule has 0 aliphatic carbocycles. The highest BCUT2D eigenvalue weighted by Crippen LogP contribution is 2.19. The molecule has 1 amide bonds. The number of ether oxygens (including phenoxy) is 1. The first-order valence-electron chi connectivity index (χ1n) is 9.35. The summed E-state index contributed by atoms with van der Waals surface area (Å²) in [6.07, 6.45) is 0. The summed E-state index contributed by atoms with van der Waals surface area (Å²) in [4.78, 5) is 13.3. The Kier molecular flexibility index (Phi) is 6.37. The lowest BCUT2D eigenvalue weighted by atomic mass is 10.0. The van der Waals surface area contributed by atoms with Gasteiger partial charge in [-0.25, -0.2) is 0 Å². The Hall–Kier alpha value is -3.22. The summed E-state index contributed by atoms with van der Waals surface area (Å²) < 4.78 is 5.61. The number of tetrazole rings is 1. The van der Waals surface area contributed by atoms with Crippen LogP contribution in [-0.4, -0.2) is 39.3 Å². The third-order valence-corrected chi connectivity index (χ3v) is 4.26. The topological polar surface area (TPSA) is 81.9 Å². The number of carbonyl (C=O) groups is 1. The second-order valence-corrected chi connectivity index (χ2v) is 6.94. The molecule has 0 atom stereocenters. The van der Waals surface area contributed by atoms with Crippen molar-refractivity contribution in [2.45, 2.75) is 33.2 Å². The van der Waals surface area contributed by atoms with Gasteiger partial charge in [0.1, 0.15) is 18.9 Å². The predicted octanol–water partition coefficient (Wildman–Crippen LogP) is 2.97. The Labute approximate surface area is 164 Å². The van der Waals surface area contributed by atoms with Crippen molar-refractivity contribution in [3.05, 3.63) is 59.7 Å². The standard InChI is InChI=1S/C21H25N5O2/c1-15(2)17-7-9-18(10-8-17)21-23-25-26(24-21)14-20(27)22-11-12-28-19-6-4-5-16(3)13-19/h4-10,13,15H,11-12,14H2,1-3H3,(H,22,27). The minimum Gasteiger partial charge on any atom is -0.492 e. The van der Waals surface area contributed by atoms with Gasteiger partial charge in [-0.1, -0.05) is 50.2 Å². The third kappa shape index (κ3) is 5.39. The van der Waals surface area contributed by atoms with Crippen LogP contribution in [0.1, 0.15) is 30.9 Å². The summed E-state index contributed by atoms with van der Waals surface area (Å²) in [6, 6.07) is 15.8. The highest BCUT2D eigenvalue weighted by atomic mass is 16.5. The number of nitrogens with zero attached hydrogens (tertiary/aromatic N) is 4. The van der Waals surface area contributed by atoms with E-state index in [1.165, 1.54) is 10.4 Å². The van der Waals surface area contributed by atoms with Gasteiger partial charge in [0.05, 0.1) is 6.54 Å². The van der Waals surface area contributed by atoms with Gasteiger partial charge < -0.3 is 10.1 Å². The highest BCUT2D eigenvalue weighted by Gasteiger charge is 2.10. The van der Waals surface area contributed by atoms with E-state index in [4.69, 9.17) is 4.74 Å². The van der Waals surface area contributed by atoms with Gasteiger partial charge in [-0.2, -0.15) is 4.80 Å². The Morgan fingerprint density at radius 2 is 1.96 bits per heavy atom. The van der Waals surface area contributed by atoms with Crippen LogP contribution in [-0.2, 0) is 11.3 Å². The van der Waals surface area contributed by atoms with E-state index in [-0.39, 0.29) is 12.5 Å². The largest absolute Gasteiger partial charge is 0.492 e. The molecule has 146 valence electrons. The predicted molar refractivity (Wildman–Crippen MR) is 107 cm³/mol. The monoisotopic (exact) mass is 379 g/mol. The highest BCUT2D eigenvalue weighted by molar-refractivity contribution is 5.75. The Bertz CT molecular complexity index is 919. The van der Waals surface area contributed by atoms with Crippen molar-refractivity contribution in [1.29, 1.82) is 0 Å². The van der Waals surface area contributed by atoms with Crippen molar-refractivity contribution >= 4 is 5.91 Å². The summed E-state index contributed by atoms with van der Waals surface area (Å²) in [5.74, 6) is 1.58. The van der Waals surface area contributed by atoms with Crippen LogP contribution in [0.15, 0.2) is 48.5 Å². The normalized spacial score (nSPS) is 10.9. The van der Waals surface area contributed by atoms with Crippen molar-refractivity contribution in [3.63, 3.8) is 0 Å². The molecule has 0 saturated heterocycles. The number of nitrogens with one attached hydrogen (secondary N) is 1. The number of carbonyl (C=O) groups excluding carboxylic acids is 1. The first-order valence-corrected chi connectivity index (χ1v) is 9.35. The molecule has 1 N–H and O–H groups in total. The molecule has 7 nitrogen and oxygen atoms in total. The van der Waals surface area contributed by atoms with Crippen LogP contribution < -0.4 is 10.1 Å². The summed E-state index contributed by atoms with van der Waals surface area (Å²) in [7, 11) is 0. The lowest BCUT2D eigenvalue weighted by molar-refractivity contribution is -0.122. The van der Waals surface area contributed by atoms with Gasteiger partial charge in [0.15, 0.2) is 0 Å². The number of amides is 1. The minimum atomic E-state index is -0.188. The Morgan fingerprint density at radius 1 is 1.18 bits per heavy atom.